The first-order valence-corrected chi connectivity index (χ1v) is 8.56. The van der Waals surface area contributed by atoms with E-state index in [1.165, 1.54) is 25.7 Å². The molecule has 21 heavy (non-hydrogen) atoms. The minimum Gasteiger partial charge on any atom is -0.465 e. The third kappa shape index (κ3) is 11.0. The number of hydrogen-bond donors (Lipinski definition) is 1. The molecule has 3 nitrogen and oxygen atoms in total. The van der Waals surface area contributed by atoms with Gasteiger partial charge >= 0.3 is 6.09 Å². The van der Waals surface area contributed by atoms with Gasteiger partial charge in [0.1, 0.15) is 0 Å². The van der Waals surface area contributed by atoms with E-state index in [0.29, 0.717) is 24.9 Å². The fourth-order valence-corrected chi connectivity index (χ4v) is 2.69. The molecule has 0 aliphatic rings. The molecule has 1 amide bonds. The molecule has 0 heterocycles. The van der Waals surface area contributed by atoms with Gasteiger partial charge in [-0.15, -0.1) is 0 Å². The van der Waals surface area contributed by atoms with Crippen LogP contribution in [0.25, 0.3) is 0 Å². The van der Waals surface area contributed by atoms with Gasteiger partial charge < -0.3 is 10.0 Å². The minimum absolute atomic E-state index is 0. The first kappa shape index (κ1) is 23.0. The van der Waals surface area contributed by atoms with Crippen LogP contribution in [0, 0.1) is 11.8 Å². The van der Waals surface area contributed by atoms with Crippen molar-refractivity contribution in [2.75, 3.05) is 13.1 Å². The topological polar surface area (TPSA) is 40.5 Å². The summed E-state index contributed by atoms with van der Waals surface area (Å²) in [5.74, 6) is 1.05. The zero-order valence-electron chi connectivity index (χ0n) is 14.3. The first-order chi connectivity index (χ1) is 9.58. The molecule has 0 spiro atoms. The molecular formula is C17H35NNiO2. The Morgan fingerprint density at radius 3 is 1.52 bits per heavy atom. The van der Waals surface area contributed by atoms with Gasteiger partial charge in [0.25, 0.3) is 0 Å². The number of carboxylic acid groups (broad SMARTS) is 1. The Morgan fingerprint density at radius 1 is 0.905 bits per heavy atom. The van der Waals surface area contributed by atoms with Crippen LogP contribution >= 0.6 is 0 Å². The quantitative estimate of drug-likeness (QED) is 0.482. The van der Waals surface area contributed by atoms with Crippen molar-refractivity contribution < 1.29 is 26.4 Å². The van der Waals surface area contributed by atoms with Crippen molar-refractivity contribution in [2.45, 2.75) is 79.1 Å². The van der Waals surface area contributed by atoms with Gasteiger partial charge in [0.05, 0.1) is 0 Å². The van der Waals surface area contributed by atoms with Gasteiger partial charge in [-0.2, -0.15) is 0 Å². The molecule has 0 aromatic carbocycles. The van der Waals surface area contributed by atoms with Crippen LogP contribution in [-0.2, 0) is 16.5 Å². The monoisotopic (exact) mass is 343 g/mol. The van der Waals surface area contributed by atoms with E-state index in [0.717, 1.165) is 25.7 Å². The number of rotatable bonds is 12. The van der Waals surface area contributed by atoms with Crippen molar-refractivity contribution in [1.82, 2.24) is 4.90 Å². The summed E-state index contributed by atoms with van der Waals surface area (Å²) in [6, 6.07) is 0. The van der Waals surface area contributed by atoms with Crippen molar-refractivity contribution >= 4 is 6.09 Å². The summed E-state index contributed by atoms with van der Waals surface area (Å²) in [7, 11) is 0. The molecule has 130 valence electrons. The summed E-state index contributed by atoms with van der Waals surface area (Å²) in [6.07, 6.45) is 8.53. The molecule has 2 atom stereocenters. The fourth-order valence-electron chi connectivity index (χ4n) is 2.69. The Labute approximate surface area is 141 Å². The maximum Gasteiger partial charge on any atom is 0.407 e. The van der Waals surface area contributed by atoms with Gasteiger partial charge in [0.2, 0.25) is 0 Å². The zero-order valence-corrected chi connectivity index (χ0v) is 15.3. The van der Waals surface area contributed by atoms with Gasteiger partial charge in [-0.05, 0) is 24.7 Å². The molecule has 0 rings (SSSR count). The molecule has 0 bridgehead atoms. The second-order valence-corrected chi connectivity index (χ2v) is 6.02. The molecule has 0 fully saturated rings. The van der Waals surface area contributed by atoms with Crippen LogP contribution in [-0.4, -0.2) is 29.2 Å². The maximum atomic E-state index is 11.5. The van der Waals surface area contributed by atoms with Gasteiger partial charge in [0.15, 0.2) is 0 Å². The summed E-state index contributed by atoms with van der Waals surface area (Å²) in [5.41, 5.74) is 0. The minimum atomic E-state index is -0.741. The molecule has 0 radical (unpaired) electrons. The van der Waals surface area contributed by atoms with E-state index in [1.807, 2.05) is 0 Å². The Bertz CT molecular complexity index is 231. The van der Waals surface area contributed by atoms with E-state index in [2.05, 4.69) is 27.7 Å². The van der Waals surface area contributed by atoms with Gasteiger partial charge in [-0.3, -0.25) is 0 Å². The zero-order chi connectivity index (χ0) is 15.4. The molecule has 0 aromatic heterocycles. The Balaban J connectivity index is 0. The first-order valence-electron chi connectivity index (χ1n) is 8.56. The molecular weight excluding hydrogens is 309 g/mol. The molecule has 2 unspecified atom stereocenters. The molecule has 0 saturated heterocycles. The molecule has 4 heteroatoms. The average Bonchev–Trinajstić information content (AvgIpc) is 2.45. The van der Waals surface area contributed by atoms with Crippen molar-refractivity contribution in [3.05, 3.63) is 0 Å². The second-order valence-electron chi connectivity index (χ2n) is 6.02. The van der Waals surface area contributed by atoms with Crippen LogP contribution in [0.4, 0.5) is 4.79 Å². The van der Waals surface area contributed by atoms with Crippen molar-refractivity contribution in [1.29, 1.82) is 0 Å². The van der Waals surface area contributed by atoms with E-state index < -0.39 is 6.09 Å². The normalized spacial score (nSPS) is 13.3. The Kier molecular flexibility index (Phi) is 16.1. The molecule has 0 aliphatic heterocycles. The number of unbranched alkanes of at least 4 members (excludes halogenated alkanes) is 2. The summed E-state index contributed by atoms with van der Waals surface area (Å²) in [6.45, 7) is 10.2. The van der Waals surface area contributed by atoms with Gasteiger partial charge in [0, 0.05) is 29.6 Å². The molecule has 0 aromatic rings. The van der Waals surface area contributed by atoms with Crippen LogP contribution in [0.5, 0.6) is 0 Å². The smallest absolute Gasteiger partial charge is 0.407 e. The predicted molar refractivity (Wildman–Crippen MR) is 86.2 cm³/mol. The molecule has 0 aliphatic carbocycles. The Morgan fingerprint density at radius 2 is 1.29 bits per heavy atom. The standard InChI is InChI=1S/C17H35NO2.Ni/c1-5-9-11-15(7-3)13-18(17(19)20)14-16(8-4)12-10-6-2;/h15-16H,5-14H2,1-4H3,(H,19,20);. The second kappa shape index (κ2) is 14.7. The third-order valence-electron chi connectivity index (χ3n) is 4.31. The summed E-state index contributed by atoms with van der Waals surface area (Å²) in [5, 5.41) is 9.44. The third-order valence-corrected chi connectivity index (χ3v) is 4.31. The number of carbonyl (C=O) groups is 1. The van der Waals surface area contributed by atoms with Crippen LogP contribution in [0.3, 0.4) is 0 Å². The van der Waals surface area contributed by atoms with Crippen LogP contribution in [0.1, 0.15) is 79.1 Å². The summed E-state index contributed by atoms with van der Waals surface area (Å²) in [4.78, 5) is 13.2. The van der Waals surface area contributed by atoms with Crippen molar-refractivity contribution in [3.8, 4) is 0 Å². The maximum absolute atomic E-state index is 11.5. The molecule has 1 N–H and O–H groups in total. The molecule has 0 saturated carbocycles. The number of hydrogen-bond acceptors (Lipinski definition) is 1. The number of nitrogens with zero attached hydrogens (tertiary/aromatic N) is 1. The van der Waals surface area contributed by atoms with E-state index in [9.17, 15) is 9.90 Å². The van der Waals surface area contributed by atoms with Crippen molar-refractivity contribution in [2.24, 2.45) is 11.8 Å². The average molecular weight is 344 g/mol. The van der Waals surface area contributed by atoms with Gasteiger partial charge in [-0.1, -0.05) is 66.2 Å². The fraction of sp³-hybridized carbons (Fsp3) is 0.941. The van der Waals surface area contributed by atoms with Crippen LogP contribution in [0.2, 0.25) is 0 Å². The number of amides is 1. The summed E-state index contributed by atoms with van der Waals surface area (Å²) < 4.78 is 0. The van der Waals surface area contributed by atoms with E-state index >= 15 is 0 Å². The van der Waals surface area contributed by atoms with Crippen LogP contribution in [0.15, 0.2) is 0 Å². The Hall–Kier alpha value is -0.236. The summed E-state index contributed by atoms with van der Waals surface area (Å²) >= 11 is 0. The SMILES string of the molecule is CCCCC(CC)CN(CC(CC)CCCC)C(=O)O.[Ni]. The predicted octanol–water partition coefficient (Wildman–Crippen LogP) is 5.40. The van der Waals surface area contributed by atoms with E-state index in [-0.39, 0.29) is 16.5 Å². The van der Waals surface area contributed by atoms with E-state index in [1.54, 1.807) is 4.90 Å². The van der Waals surface area contributed by atoms with Crippen molar-refractivity contribution in [3.63, 3.8) is 0 Å². The van der Waals surface area contributed by atoms with E-state index in [4.69, 9.17) is 0 Å². The largest absolute Gasteiger partial charge is 0.465 e. The van der Waals surface area contributed by atoms with Gasteiger partial charge in [-0.25, -0.2) is 4.79 Å². The van der Waals surface area contributed by atoms with Crippen LogP contribution < -0.4 is 0 Å².